The van der Waals surface area contributed by atoms with Crippen molar-refractivity contribution in [2.75, 3.05) is 12.3 Å². The second-order valence-electron chi connectivity index (χ2n) is 4.18. The zero-order chi connectivity index (χ0) is 15.1. The molecule has 0 aliphatic heterocycles. The molecule has 2 rings (SSSR count). The Kier molecular flexibility index (Phi) is 6.10. The van der Waals surface area contributed by atoms with Gasteiger partial charge >= 0.3 is 0 Å². The monoisotopic (exact) mass is 324 g/mol. The molecule has 0 saturated heterocycles. The van der Waals surface area contributed by atoms with Crippen LogP contribution in [0.15, 0.2) is 42.1 Å². The van der Waals surface area contributed by atoms with E-state index in [1.807, 2.05) is 22.8 Å². The Bertz CT molecular complexity index is 585. The number of nitrogens with two attached hydrogens (primary N) is 1. The molecule has 21 heavy (non-hydrogen) atoms. The number of aromatic nitrogens is 3. The van der Waals surface area contributed by atoms with E-state index in [9.17, 15) is 0 Å². The molecule has 0 fully saturated rings. The van der Waals surface area contributed by atoms with E-state index in [4.69, 9.17) is 22.1 Å². The minimum atomic E-state index is 0.339. The van der Waals surface area contributed by atoms with Gasteiger partial charge in [-0.25, -0.2) is 0 Å². The molecule has 0 radical (unpaired) electrons. The highest BCUT2D eigenvalue weighted by atomic mass is 35.5. The van der Waals surface area contributed by atoms with Gasteiger partial charge in [-0.3, -0.25) is 4.57 Å². The molecule has 2 N–H and O–H groups in total. The van der Waals surface area contributed by atoms with Crippen LogP contribution in [-0.4, -0.2) is 27.1 Å². The SMILES string of the molecule is C=CCn1c(COc2ccc(Cl)cc2)nnc1SCCN. The Hall–Kier alpha value is -1.50. The molecule has 112 valence electrons. The maximum atomic E-state index is 5.84. The quantitative estimate of drug-likeness (QED) is 0.597. The first kappa shape index (κ1) is 15.9. The first-order chi connectivity index (χ1) is 10.2. The van der Waals surface area contributed by atoms with Crippen LogP contribution in [0.2, 0.25) is 5.02 Å². The summed E-state index contributed by atoms with van der Waals surface area (Å²) in [6.45, 7) is 5.34. The lowest BCUT2D eigenvalue weighted by Crippen LogP contribution is -2.08. The smallest absolute Gasteiger partial charge is 0.191 e. The summed E-state index contributed by atoms with van der Waals surface area (Å²) in [7, 11) is 0. The minimum Gasteiger partial charge on any atom is -0.486 e. The lowest BCUT2D eigenvalue weighted by Gasteiger charge is -2.09. The fraction of sp³-hybridized carbons (Fsp3) is 0.286. The van der Waals surface area contributed by atoms with Crippen LogP contribution in [-0.2, 0) is 13.2 Å². The van der Waals surface area contributed by atoms with Gasteiger partial charge in [0.15, 0.2) is 11.0 Å². The Morgan fingerprint density at radius 2 is 2.10 bits per heavy atom. The molecule has 0 aliphatic carbocycles. The fourth-order valence-corrected chi connectivity index (χ4v) is 2.53. The van der Waals surface area contributed by atoms with Gasteiger partial charge in [-0.05, 0) is 24.3 Å². The summed E-state index contributed by atoms with van der Waals surface area (Å²) in [6.07, 6.45) is 1.81. The van der Waals surface area contributed by atoms with Crippen LogP contribution in [0.1, 0.15) is 5.82 Å². The fourth-order valence-electron chi connectivity index (χ4n) is 1.67. The number of allylic oxidation sites excluding steroid dienone is 1. The van der Waals surface area contributed by atoms with Gasteiger partial charge in [0.1, 0.15) is 12.4 Å². The predicted molar refractivity (Wildman–Crippen MR) is 85.8 cm³/mol. The first-order valence-electron chi connectivity index (χ1n) is 6.48. The zero-order valence-electron chi connectivity index (χ0n) is 11.5. The van der Waals surface area contributed by atoms with E-state index < -0.39 is 0 Å². The number of ether oxygens (including phenoxy) is 1. The molecular formula is C14H17ClN4OS. The molecule has 1 aromatic heterocycles. The normalized spacial score (nSPS) is 10.6. The van der Waals surface area contributed by atoms with Crippen molar-refractivity contribution in [1.82, 2.24) is 14.8 Å². The topological polar surface area (TPSA) is 66.0 Å². The molecule has 5 nitrogen and oxygen atoms in total. The van der Waals surface area contributed by atoms with E-state index in [2.05, 4.69) is 16.8 Å². The third-order valence-corrected chi connectivity index (χ3v) is 3.89. The molecule has 7 heteroatoms. The number of hydrogen-bond donors (Lipinski definition) is 1. The lowest BCUT2D eigenvalue weighted by molar-refractivity contribution is 0.289. The van der Waals surface area contributed by atoms with Crippen LogP contribution in [0.5, 0.6) is 5.75 Å². The number of benzene rings is 1. The Morgan fingerprint density at radius 3 is 2.76 bits per heavy atom. The minimum absolute atomic E-state index is 0.339. The predicted octanol–water partition coefficient (Wildman–Crippen LogP) is 2.75. The molecule has 0 spiro atoms. The van der Waals surface area contributed by atoms with E-state index in [0.29, 0.717) is 24.7 Å². The number of halogens is 1. The molecule has 1 aromatic carbocycles. The highest BCUT2D eigenvalue weighted by Crippen LogP contribution is 2.19. The van der Waals surface area contributed by atoms with Crippen molar-refractivity contribution < 1.29 is 4.74 Å². The van der Waals surface area contributed by atoms with Crippen LogP contribution in [0.4, 0.5) is 0 Å². The number of nitrogens with zero attached hydrogens (tertiary/aromatic N) is 3. The Morgan fingerprint density at radius 1 is 1.33 bits per heavy atom. The third kappa shape index (κ3) is 4.49. The molecule has 0 atom stereocenters. The summed E-state index contributed by atoms with van der Waals surface area (Å²) < 4.78 is 7.68. The van der Waals surface area contributed by atoms with Crippen molar-refractivity contribution in [1.29, 1.82) is 0 Å². The van der Waals surface area contributed by atoms with Crippen molar-refractivity contribution in [2.45, 2.75) is 18.3 Å². The van der Waals surface area contributed by atoms with Crippen LogP contribution in [0, 0.1) is 0 Å². The van der Waals surface area contributed by atoms with E-state index in [1.165, 1.54) is 0 Å². The molecule has 0 aliphatic rings. The number of thioether (sulfide) groups is 1. The Balaban J connectivity index is 2.06. The largest absolute Gasteiger partial charge is 0.486 e. The molecular weight excluding hydrogens is 308 g/mol. The van der Waals surface area contributed by atoms with E-state index in [1.54, 1.807) is 23.9 Å². The van der Waals surface area contributed by atoms with Gasteiger partial charge in [0.25, 0.3) is 0 Å². The van der Waals surface area contributed by atoms with E-state index >= 15 is 0 Å². The van der Waals surface area contributed by atoms with Gasteiger partial charge in [0.05, 0.1) is 0 Å². The molecule has 0 saturated carbocycles. The van der Waals surface area contributed by atoms with Gasteiger partial charge in [0.2, 0.25) is 0 Å². The summed E-state index contributed by atoms with van der Waals surface area (Å²) in [6, 6.07) is 7.21. The highest BCUT2D eigenvalue weighted by molar-refractivity contribution is 7.99. The van der Waals surface area contributed by atoms with Gasteiger partial charge in [0, 0.05) is 23.9 Å². The Labute approximate surface area is 133 Å². The number of rotatable bonds is 8. The summed E-state index contributed by atoms with van der Waals surface area (Å²) >= 11 is 7.42. The van der Waals surface area contributed by atoms with Gasteiger partial charge in [-0.1, -0.05) is 29.4 Å². The summed E-state index contributed by atoms with van der Waals surface area (Å²) in [5.74, 6) is 2.29. The van der Waals surface area contributed by atoms with Crippen LogP contribution in [0.3, 0.4) is 0 Å². The molecule has 2 aromatic rings. The lowest BCUT2D eigenvalue weighted by atomic mass is 10.3. The van der Waals surface area contributed by atoms with E-state index in [0.717, 1.165) is 22.5 Å². The molecule has 0 bridgehead atoms. The van der Waals surface area contributed by atoms with Crippen molar-refractivity contribution >= 4 is 23.4 Å². The van der Waals surface area contributed by atoms with Gasteiger partial charge < -0.3 is 10.5 Å². The summed E-state index contributed by atoms with van der Waals surface area (Å²) in [4.78, 5) is 0. The van der Waals surface area contributed by atoms with Crippen LogP contribution in [0.25, 0.3) is 0 Å². The second-order valence-corrected chi connectivity index (χ2v) is 5.68. The number of hydrogen-bond acceptors (Lipinski definition) is 5. The maximum Gasteiger partial charge on any atom is 0.191 e. The average Bonchev–Trinajstić information content (AvgIpc) is 2.87. The van der Waals surface area contributed by atoms with Gasteiger partial charge in [-0.15, -0.1) is 16.8 Å². The molecule has 0 unspecified atom stereocenters. The maximum absolute atomic E-state index is 5.84. The zero-order valence-corrected chi connectivity index (χ0v) is 13.1. The average molecular weight is 325 g/mol. The van der Waals surface area contributed by atoms with Gasteiger partial charge in [-0.2, -0.15) is 0 Å². The molecule has 0 amide bonds. The second kappa shape index (κ2) is 8.07. The highest BCUT2D eigenvalue weighted by Gasteiger charge is 2.11. The van der Waals surface area contributed by atoms with E-state index in [-0.39, 0.29) is 0 Å². The van der Waals surface area contributed by atoms with Crippen LogP contribution < -0.4 is 10.5 Å². The first-order valence-corrected chi connectivity index (χ1v) is 7.85. The summed E-state index contributed by atoms with van der Waals surface area (Å²) in [5, 5.41) is 9.85. The van der Waals surface area contributed by atoms with Crippen molar-refractivity contribution in [3.63, 3.8) is 0 Å². The molecule has 1 heterocycles. The van der Waals surface area contributed by atoms with Crippen molar-refractivity contribution in [3.8, 4) is 5.75 Å². The van der Waals surface area contributed by atoms with Crippen LogP contribution >= 0.6 is 23.4 Å². The summed E-state index contributed by atoms with van der Waals surface area (Å²) in [5.41, 5.74) is 5.52. The third-order valence-electron chi connectivity index (χ3n) is 2.64. The van der Waals surface area contributed by atoms with Crippen molar-refractivity contribution in [2.24, 2.45) is 5.73 Å². The standard InChI is InChI=1S/C14H17ClN4OS/c1-2-8-19-13(17-18-14(19)21-9-7-16)10-20-12-5-3-11(15)4-6-12/h2-6H,1,7-10,16H2. The van der Waals surface area contributed by atoms with Crippen molar-refractivity contribution in [3.05, 3.63) is 47.8 Å².